The molecule has 3 aromatic rings. The predicted molar refractivity (Wildman–Crippen MR) is 87.6 cm³/mol. The van der Waals surface area contributed by atoms with Crippen LogP contribution in [0, 0.1) is 6.92 Å². The van der Waals surface area contributed by atoms with Crippen molar-refractivity contribution in [3.8, 4) is 0 Å². The second kappa shape index (κ2) is 5.35. The number of thiophene rings is 1. The van der Waals surface area contributed by atoms with Crippen LogP contribution in [0.25, 0.3) is 11.0 Å². The van der Waals surface area contributed by atoms with Crippen molar-refractivity contribution in [2.75, 3.05) is 5.32 Å². The summed E-state index contributed by atoms with van der Waals surface area (Å²) in [5.74, 6) is 0. The first-order valence-corrected chi connectivity index (χ1v) is 8.00. The van der Waals surface area contributed by atoms with E-state index in [1.165, 1.54) is 4.88 Å². The lowest BCUT2D eigenvalue weighted by Gasteiger charge is -2.04. The molecular weight excluding hydrogens is 360 g/mol. The van der Waals surface area contributed by atoms with Crippen molar-refractivity contribution in [2.45, 2.75) is 13.5 Å². The second-order valence-corrected chi connectivity index (χ2v) is 7.09. The highest BCUT2D eigenvalue weighted by atomic mass is 79.9. The van der Waals surface area contributed by atoms with Crippen LogP contribution in [-0.4, -0.2) is 14.8 Å². The summed E-state index contributed by atoms with van der Waals surface area (Å²) in [5, 5.41) is 8.80. The fourth-order valence-corrected chi connectivity index (χ4v) is 3.80. The first-order chi connectivity index (χ1) is 9.54. The Morgan fingerprint density at radius 1 is 1.45 bits per heavy atom. The Bertz CT molecular complexity index is 761. The van der Waals surface area contributed by atoms with Gasteiger partial charge in [0.25, 0.3) is 0 Å². The van der Waals surface area contributed by atoms with E-state index in [1.54, 1.807) is 16.0 Å². The van der Waals surface area contributed by atoms with Crippen LogP contribution in [0.3, 0.4) is 0 Å². The molecule has 0 atom stereocenters. The Morgan fingerprint density at radius 2 is 2.25 bits per heavy atom. The third-order valence-electron chi connectivity index (χ3n) is 3.03. The molecule has 7 heteroatoms. The van der Waals surface area contributed by atoms with Crippen molar-refractivity contribution >= 4 is 55.6 Å². The summed E-state index contributed by atoms with van der Waals surface area (Å²) in [6.45, 7) is 2.71. The number of rotatable bonds is 3. The van der Waals surface area contributed by atoms with Gasteiger partial charge in [0, 0.05) is 28.3 Å². The van der Waals surface area contributed by atoms with Gasteiger partial charge in [-0.15, -0.1) is 11.3 Å². The van der Waals surface area contributed by atoms with E-state index in [2.05, 4.69) is 37.4 Å². The second-order valence-electron chi connectivity index (χ2n) is 4.49. The SMILES string of the molecule is Cc1nn(C)c2ncc(NCc3cc(Br)c(Cl)s3)cc12. The molecule has 0 aliphatic rings. The molecule has 3 rings (SSSR count). The molecule has 3 heterocycles. The predicted octanol–water partition coefficient (Wildman–Crippen LogP) is 4.37. The highest BCUT2D eigenvalue weighted by Gasteiger charge is 2.08. The van der Waals surface area contributed by atoms with Crippen LogP contribution in [0.15, 0.2) is 22.8 Å². The van der Waals surface area contributed by atoms with E-state index in [4.69, 9.17) is 11.6 Å². The maximum Gasteiger partial charge on any atom is 0.157 e. The number of hydrogen-bond donors (Lipinski definition) is 1. The summed E-state index contributed by atoms with van der Waals surface area (Å²) in [7, 11) is 1.90. The fourth-order valence-electron chi connectivity index (χ4n) is 2.07. The summed E-state index contributed by atoms with van der Waals surface area (Å²) < 4.78 is 3.51. The minimum absolute atomic E-state index is 0.725. The molecular formula is C13H12BrClN4S. The van der Waals surface area contributed by atoms with E-state index in [9.17, 15) is 0 Å². The van der Waals surface area contributed by atoms with Crippen LogP contribution >= 0.6 is 38.9 Å². The Hall–Kier alpha value is -1.11. The molecule has 0 fully saturated rings. The molecule has 20 heavy (non-hydrogen) atoms. The molecule has 0 spiro atoms. The molecule has 0 saturated carbocycles. The van der Waals surface area contributed by atoms with Crippen LogP contribution in [0.4, 0.5) is 5.69 Å². The minimum Gasteiger partial charge on any atom is -0.379 e. The molecule has 0 radical (unpaired) electrons. The van der Waals surface area contributed by atoms with Crippen LogP contribution < -0.4 is 5.32 Å². The van der Waals surface area contributed by atoms with Gasteiger partial charge < -0.3 is 5.32 Å². The van der Waals surface area contributed by atoms with E-state index in [-0.39, 0.29) is 0 Å². The Labute approximate surface area is 133 Å². The lowest BCUT2D eigenvalue weighted by atomic mass is 10.2. The van der Waals surface area contributed by atoms with Gasteiger partial charge in [0.15, 0.2) is 5.65 Å². The quantitative estimate of drug-likeness (QED) is 0.743. The molecule has 104 valence electrons. The molecule has 0 aliphatic carbocycles. The maximum absolute atomic E-state index is 6.03. The van der Waals surface area contributed by atoms with Gasteiger partial charge in [-0.2, -0.15) is 5.10 Å². The summed E-state index contributed by atoms with van der Waals surface area (Å²) >= 11 is 11.0. The van der Waals surface area contributed by atoms with Gasteiger partial charge in [-0.3, -0.25) is 4.68 Å². The first kappa shape index (κ1) is 13.9. The van der Waals surface area contributed by atoms with Crippen molar-refractivity contribution in [3.05, 3.63) is 37.7 Å². The third-order valence-corrected chi connectivity index (χ3v) is 5.50. The fraction of sp³-hybridized carbons (Fsp3) is 0.231. The van der Waals surface area contributed by atoms with E-state index in [1.807, 2.05) is 26.2 Å². The highest BCUT2D eigenvalue weighted by Crippen LogP contribution is 2.32. The topological polar surface area (TPSA) is 42.7 Å². The summed E-state index contributed by atoms with van der Waals surface area (Å²) in [6.07, 6.45) is 1.83. The van der Waals surface area contributed by atoms with Gasteiger partial charge in [0.2, 0.25) is 0 Å². The molecule has 0 saturated heterocycles. The molecule has 0 aromatic carbocycles. The third kappa shape index (κ3) is 2.55. The minimum atomic E-state index is 0.725. The zero-order chi connectivity index (χ0) is 14.3. The number of hydrogen-bond acceptors (Lipinski definition) is 4. The standard InChI is InChI=1S/C13H12BrClN4S/c1-7-10-3-8(5-17-13(10)19(2)18-7)16-6-9-4-11(14)12(15)20-9/h3-5,16H,6H2,1-2H3. The Morgan fingerprint density at radius 3 is 2.95 bits per heavy atom. The summed E-state index contributed by atoms with van der Waals surface area (Å²) in [4.78, 5) is 5.61. The normalized spacial score (nSPS) is 11.2. The zero-order valence-electron chi connectivity index (χ0n) is 10.9. The van der Waals surface area contributed by atoms with E-state index in [0.29, 0.717) is 0 Å². The smallest absolute Gasteiger partial charge is 0.157 e. The molecule has 4 nitrogen and oxygen atoms in total. The van der Waals surface area contributed by atoms with Crippen LogP contribution in [0.1, 0.15) is 10.6 Å². The highest BCUT2D eigenvalue weighted by molar-refractivity contribution is 9.10. The Kier molecular flexibility index (Phi) is 3.70. The van der Waals surface area contributed by atoms with Crippen molar-refractivity contribution in [1.82, 2.24) is 14.8 Å². The lowest BCUT2D eigenvalue weighted by Crippen LogP contribution is -1.98. The zero-order valence-corrected chi connectivity index (χ0v) is 14.1. The molecule has 3 aromatic heterocycles. The Balaban J connectivity index is 1.82. The molecule has 0 bridgehead atoms. The van der Waals surface area contributed by atoms with Crippen molar-refractivity contribution in [1.29, 1.82) is 0 Å². The monoisotopic (exact) mass is 370 g/mol. The van der Waals surface area contributed by atoms with Crippen LogP contribution in [0.2, 0.25) is 4.34 Å². The van der Waals surface area contributed by atoms with Gasteiger partial charge in [-0.05, 0) is 35.0 Å². The lowest BCUT2D eigenvalue weighted by molar-refractivity contribution is 0.774. The summed E-state index contributed by atoms with van der Waals surface area (Å²) in [5.41, 5.74) is 2.87. The first-order valence-electron chi connectivity index (χ1n) is 6.01. The van der Waals surface area contributed by atoms with Crippen molar-refractivity contribution in [3.63, 3.8) is 0 Å². The number of nitrogens with one attached hydrogen (secondary N) is 1. The van der Waals surface area contributed by atoms with Gasteiger partial charge >= 0.3 is 0 Å². The van der Waals surface area contributed by atoms with Gasteiger partial charge in [0.1, 0.15) is 4.34 Å². The number of nitrogens with zero attached hydrogens (tertiary/aromatic N) is 3. The van der Waals surface area contributed by atoms with E-state index >= 15 is 0 Å². The average Bonchev–Trinajstić information content (AvgIpc) is 2.88. The molecule has 1 N–H and O–H groups in total. The van der Waals surface area contributed by atoms with Gasteiger partial charge in [-0.25, -0.2) is 4.98 Å². The van der Waals surface area contributed by atoms with Crippen LogP contribution in [-0.2, 0) is 13.6 Å². The molecule has 0 aliphatic heterocycles. The molecule has 0 unspecified atom stereocenters. The maximum atomic E-state index is 6.03. The number of aromatic nitrogens is 3. The molecule has 0 amide bonds. The van der Waals surface area contributed by atoms with Crippen molar-refractivity contribution in [2.24, 2.45) is 7.05 Å². The van der Waals surface area contributed by atoms with E-state index in [0.717, 1.165) is 37.8 Å². The number of anilines is 1. The summed E-state index contributed by atoms with van der Waals surface area (Å²) in [6, 6.07) is 4.11. The van der Waals surface area contributed by atoms with Crippen molar-refractivity contribution < 1.29 is 0 Å². The number of halogens is 2. The largest absolute Gasteiger partial charge is 0.379 e. The van der Waals surface area contributed by atoms with Gasteiger partial charge in [-0.1, -0.05) is 11.6 Å². The van der Waals surface area contributed by atoms with Gasteiger partial charge in [0.05, 0.1) is 17.6 Å². The van der Waals surface area contributed by atoms with Crippen LogP contribution in [0.5, 0.6) is 0 Å². The van der Waals surface area contributed by atoms with E-state index < -0.39 is 0 Å². The average molecular weight is 372 g/mol. The number of aryl methyl sites for hydroxylation is 2. The number of fused-ring (bicyclic) bond motifs is 1. The number of pyridine rings is 1.